The van der Waals surface area contributed by atoms with Gasteiger partial charge in [0, 0.05) is 0 Å². The zero-order valence-corrected chi connectivity index (χ0v) is 11.3. The van der Waals surface area contributed by atoms with E-state index in [0.717, 1.165) is 29.9 Å². The molecule has 0 aliphatic heterocycles. The number of hydrogen-bond donors (Lipinski definition) is 0. The molecule has 2 heteroatoms. The SMILES string of the molecule is CCCCCOc1ccc(-c2ccc([O])cc2)cc1. The highest BCUT2D eigenvalue weighted by Gasteiger charge is 1.99. The molecule has 0 saturated carbocycles. The molecule has 0 fully saturated rings. The van der Waals surface area contributed by atoms with Gasteiger partial charge in [0.05, 0.1) is 6.61 Å². The van der Waals surface area contributed by atoms with Gasteiger partial charge in [0.15, 0.2) is 5.75 Å². The summed E-state index contributed by atoms with van der Waals surface area (Å²) in [7, 11) is 0. The van der Waals surface area contributed by atoms with Crippen LogP contribution in [0.4, 0.5) is 0 Å². The summed E-state index contributed by atoms with van der Waals surface area (Å²) in [6, 6.07) is 14.9. The van der Waals surface area contributed by atoms with Crippen LogP contribution in [0, 0.1) is 0 Å². The summed E-state index contributed by atoms with van der Waals surface area (Å²) in [6.45, 7) is 2.96. The summed E-state index contributed by atoms with van der Waals surface area (Å²) < 4.78 is 5.67. The molecule has 2 nitrogen and oxygen atoms in total. The summed E-state index contributed by atoms with van der Waals surface area (Å²) in [5, 5.41) is 11.1. The standard InChI is InChI=1S/C17H19O2/c1-2-3-4-13-19-17-11-7-15(8-12-17)14-5-9-16(18)10-6-14/h5-12H,2-4,13H2,1H3. The Hall–Kier alpha value is -1.96. The number of unbranched alkanes of at least 4 members (excludes halogenated alkanes) is 2. The summed E-state index contributed by atoms with van der Waals surface area (Å²) in [4.78, 5) is 0. The van der Waals surface area contributed by atoms with Gasteiger partial charge in [-0.2, -0.15) is 0 Å². The van der Waals surface area contributed by atoms with E-state index in [1.807, 2.05) is 36.4 Å². The smallest absolute Gasteiger partial charge is 0.178 e. The predicted molar refractivity (Wildman–Crippen MR) is 77.0 cm³/mol. The first-order valence-corrected chi connectivity index (χ1v) is 6.80. The molecule has 99 valence electrons. The lowest BCUT2D eigenvalue weighted by Crippen LogP contribution is -1.96. The van der Waals surface area contributed by atoms with Crippen LogP contribution in [0.5, 0.6) is 11.5 Å². The third kappa shape index (κ3) is 4.02. The Kier molecular flexibility index (Phi) is 4.85. The maximum Gasteiger partial charge on any atom is 0.178 e. The molecule has 0 aliphatic rings. The molecule has 2 aromatic rings. The third-order valence-corrected chi connectivity index (χ3v) is 3.06. The van der Waals surface area contributed by atoms with Crippen LogP contribution >= 0.6 is 0 Å². The Bertz CT molecular complexity index is 486. The molecular formula is C17H19O2. The number of rotatable bonds is 6. The Morgan fingerprint density at radius 3 is 2.00 bits per heavy atom. The zero-order valence-electron chi connectivity index (χ0n) is 11.3. The summed E-state index contributed by atoms with van der Waals surface area (Å²) >= 11 is 0. The Morgan fingerprint density at radius 2 is 1.42 bits per heavy atom. The average molecular weight is 255 g/mol. The lowest BCUT2D eigenvalue weighted by molar-refractivity contribution is 0.306. The van der Waals surface area contributed by atoms with Crippen LogP contribution in [0.3, 0.4) is 0 Å². The second-order valence-electron chi connectivity index (χ2n) is 4.60. The van der Waals surface area contributed by atoms with Crippen LogP contribution in [0.15, 0.2) is 48.5 Å². The molecule has 0 saturated heterocycles. The van der Waals surface area contributed by atoms with Crippen molar-refractivity contribution in [1.29, 1.82) is 0 Å². The lowest BCUT2D eigenvalue weighted by atomic mass is 10.1. The third-order valence-electron chi connectivity index (χ3n) is 3.06. The van der Waals surface area contributed by atoms with Crippen molar-refractivity contribution in [2.75, 3.05) is 6.61 Å². The monoisotopic (exact) mass is 255 g/mol. The Labute approximate surface area is 114 Å². The van der Waals surface area contributed by atoms with Gasteiger partial charge in [0.2, 0.25) is 0 Å². The molecule has 0 amide bonds. The second-order valence-corrected chi connectivity index (χ2v) is 4.60. The summed E-state index contributed by atoms with van der Waals surface area (Å²) in [6.07, 6.45) is 3.51. The first-order chi connectivity index (χ1) is 9.29. The summed E-state index contributed by atoms with van der Waals surface area (Å²) in [5.41, 5.74) is 2.15. The largest absolute Gasteiger partial charge is 0.494 e. The predicted octanol–water partition coefficient (Wildman–Crippen LogP) is 5.07. The van der Waals surface area contributed by atoms with E-state index in [1.54, 1.807) is 12.1 Å². The van der Waals surface area contributed by atoms with E-state index in [4.69, 9.17) is 4.74 Å². The highest BCUT2D eigenvalue weighted by Crippen LogP contribution is 2.24. The van der Waals surface area contributed by atoms with Crippen molar-refractivity contribution in [3.8, 4) is 22.6 Å². The van der Waals surface area contributed by atoms with Gasteiger partial charge in [-0.05, 0) is 41.8 Å². The van der Waals surface area contributed by atoms with E-state index in [9.17, 15) is 5.11 Å². The Morgan fingerprint density at radius 1 is 0.842 bits per heavy atom. The van der Waals surface area contributed by atoms with Crippen LogP contribution in [0.1, 0.15) is 26.2 Å². The van der Waals surface area contributed by atoms with Crippen LogP contribution < -0.4 is 4.74 Å². The van der Waals surface area contributed by atoms with Crippen molar-refractivity contribution in [3.63, 3.8) is 0 Å². The van der Waals surface area contributed by atoms with Gasteiger partial charge in [-0.3, -0.25) is 5.11 Å². The average Bonchev–Trinajstić information content (AvgIpc) is 2.45. The molecule has 0 N–H and O–H groups in total. The minimum absolute atomic E-state index is 0.0413. The van der Waals surface area contributed by atoms with E-state index < -0.39 is 0 Å². The minimum Gasteiger partial charge on any atom is -0.494 e. The molecule has 0 bridgehead atoms. The fourth-order valence-electron chi connectivity index (χ4n) is 1.93. The molecule has 19 heavy (non-hydrogen) atoms. The fourth-order valence-corrected chi connectivity index (χ4v) is 1.93. The lowest BCUT2D eigenvalue weighted by Gasteiger charge is -2.07. The van der Waals surface area contributed by atoms with Crippen molar-refractivity contribution < 1.29 is 9.84 Å². The van der Waals surface area contributed by atoms with Crippen molar-refractivity contribution in [2.45, 2.75) is 26.2 Å². The van der Waals surface area contributed by atoms with Crippen LogP contribution in [0.2, 0.25) is 0 Å². The molecule has 0 heterocycles. The van der Waals surface area contributed by atoms with E-state index in [1.165, 1.54) is 12.8 Å². The maximum atomic E-state index is 11.1. The van der Waals surface area contributed by atoms with Crippen LogP contribution in [0.25, 0.3) is 11.1 Å². The molecule has 0 aromatic heterocycles. The van der Waals surface area contributed by atoms with Crippen molar-refractivity contribution >= 4 is 0 Å². The highest BCUT2D eigenvalue weighted by atomic mass is 16.5. The molecule has 2 rings (SSSR count). The first kappa shape index (κ1) is 13.5. The van der Waals surface area contributed by atoms with E-state index in [0.29, 0.717) is 0 Å². The minimum atomic E-state index is 0.0413. The molecule has 0 atom stereocenters. The van der Waals surface area contributed by atoms with Gasteiger partial charge in [0.25, 0.3) is 0 Å². The van der Waals surface area contributed by atoms with Gasteiger partial charge in [-0.1, -0.05) is 44.0 Å². The molecule has 0 spiro atoms. The zero-order chi connectivity index (χ0) is 13.5. The number of ether oxygens (including phenoxy) is 1. The maximum absolute atomic E-state index is 11.1. The van der Waals surface area contributed by atoms with Crippen molar-refractivity contribution in [2.24, 2.45) is 0 Å². The first-order valence-electron chi connectivity index (χ1n) is 6.80. The molecular weight excluding hydrogens is 236 g/mol. The van der Waals surface area contributed by atoms with E-state index in [-0.39, 0.29) is 5.75 Å². The normalized spacial score (nSPS) is 10.4. The topological polar surface area (TPSA) is 29.1 Å². The summed E-state index contributed by atoms with van der Waals surface area (Å²) in [5.74, 6) is 0.944. The molecule has 0 unspecified atom stereocenters. The van der Waals surface area contributed by atoms with Gasteiger partial charge in [-0.25, -0.2) is 0 Å². The Balaban J connectivity index is 1.96. The van der Waals surface area contributed by atoms with Crippen molar-refractivity contribution in [1.82, 2.24) is 0 Å². The van der Waals surface area contributed by atoms with Gasteiger partial charge in [0.1, 0.15) is 5.75 Å². The van der Waals surface area contributed by atoms with Crippen LogP contribution in [-0.2, 0) is 5.11 Å². The van der Waals surface area contributed by atoms with Crippen LogP contribution in [-0.4, -0.2) is 6.61 Å². The van der Waals surface area contributed by atoms with Gasteiger partial charge < -0.3 is 4.74 Å². The van der Waals surface area contributed by atoms with E-state index >= 15 is 0 Å². The quantitative estimate of drug-likeness (QED) is 0.663. The van der Waals surface area contributed by atoms with E-state index in [2.05, 4.69) is 6.92 Å². The fraction of sp³-hybridized carbons (Fsp3) is 0.294. The molecule has 0 aliphatic carbocycles. The molecule has 2 aromatic carbocycles. The van der Waals surface area contributed by atoms with Crippen molar-refractivity contribution in [3.05, 3.63) is 48.5 Å². The number of hydrogen-bond acceptors (Lipinski definition) is 1. The highest BCUT2D eigenvalue weighted by molar-refractivity contribution is 5.64. The molecule has 1 radical (unpaired) electrons. The second kappa shape index (κ2) is 6.83. The van der Waals surface area contributed by atoms with Gasteiger partial charge >= 0.3 is 0 Å². The van der Waals surface area contributed by atoms with Gasteiger partial charge in [-0.15, -0.1) is 0 Å². The number of benzene rings is 2.